The number of non-ortho nitro benzene ring substituents is 1. The first-order chi connectivity index (χ1) is 13.5. The van der Waals surface area contributed by atoms with Gasteiger partial charge in [0.15, 0.2) is 11.6 Å². The summed E-state index contributed by atoms with van der Waals surface area (Å²) < 4.78 is 33.6. The fraction of sp³-hybridized carbons (Fsp3) is 0.278. The van der Waals surface area contributed by atoms with Gasteiger partial charge in [0.1, 0.15) is 12.3 Å². The molecule has 0 spiro atoms. The third-order valence-electron chi connectivity index (χ3n) is 4.11. The van der Waals surface area contributed by atoms with Crippen LogP contribution in [0.4, 0.5) is 25.0 Å². The van der Waals surface area contributed by atoms with Crippen LogP contribution in [0.25, 0.3) is 0 Å². The van der Waals surface area contributed by atoms with Crippen molar-refractivity contribution in [1.82, 2.24) is 4.90 Å². The zero-order valence-corrected chi connectivity index (χ0v) is 14.7. The van der Waals surface area contributed by atoms with Crippen LogP contribution in [0.1, 0.15) is 5.56 Å². The first kappa shape index (κ1) is 19.5. The van der Waals surface area contributed by atoms with E-state index in [0.717, 1.165) is 10.6 Å². The van der Waals surface area contributed by atoms with Crippen molar-refractivity contribution in [3.63, 3.8) is 0 Å². The second-order valence-corrected chi connectivity index (χ2v) is 5.98. The van der Waals surface area contributed by atoms with Crippen LogP contribution in [0.5, 0.6) is 0 Å². The van der Waals surface area contributed by atoms with Gasteiger partial charge in [0.25, 0.3) is 5.69 Å². The highest BCUT2D eigenvalue weighted by atomic mass is 19.1. The van der Waals surface area contributed by atoms with Crippen molar-refractivity contribution >= 4 is 17.5 Å². The van der Waals surface area contributed by atoms with Crippen LogP contribution in [-0.4, -0.2) is 42.2 Å². The largest absolute Gasteiger partial charge is 0.445 e. The maximum atomic E-state index is 14.2. The van der Waals surface area contributed by atoms with Gasteiger partial charge in [-0.25, -0.2) is 18.6 Å². The minimum atomic E-state index is -1.12. The second-order valence-electron chi connectivity index (χ2n) is 5.98. The number of ether oxygens (including phenoxy) is 1. The fourth-order valence-corrected chi connectivity index (χ4v) is 2.71. The fourth-order valence-electron chi connectivity index (χ4n) is 2.71. The second kappa shape index (κ2) is 8.61. The molecule has 1 fully saturated rings. The number of hydroxylamine groups is 1. The molecule has 2 aromatic rings. The third kappa shape index (κ3) is 4.52. The Labute approximate surface area is 159 Å². The summed E-state index contributed by atoms with van der Waals surface area (Å²) in [7, 11) is 0. The number of benzene rings is 2. The summed E-state index contributed by atoms with van der Waals surface area (Å²) in [6, 6.07) is 10.4. The van der Waals surface area contributed by atoms with E-state index in [1.165, 1.54) is 4.90 Å². The number of carbonyl (C=O) groups excluding carboxylic acids is 1. The molecule has 10 heteroatoms. The summed E-state index contributed by atoms with van der Waals surface area (Å²) in [6.07, 6.45) is -0.570. The van der Waals surface area contributed by atoms with Crippen LogP contribution < -0.4 is 5.06 Å². The first-order valence-corrected chi connectivity index (χ1v) is 8.45. The van der Waals surface area contributed by atoms with Gasteiger partial charge < -0.3 is 9.64 Å². The number of amides is 1. The normalized spacial score (nSPS) is 14.5. The van der Waals surface area contributed by atoms with Crippen LogP contribution in [0.3, 0.4) is 0 Å². The van der Waals surface area contributed by atoms with Gasteiger partial charge in [-0.1, -0.05) is 30.3 Å². The number of nitro groups is 1. The van der Waals surface area contributed by atoms with Crippen molar-refractivity contribution in [3.8, 4) is 0 Å². The van der Waals surface area contributed by atoms with Gasteiger partial charge in [-0.3, -0.25) is 15.0 Å². The van der Waals surface area contributed by atoms with E-state index < -0.39 is 34.0 Å². The first-order valence-electron chi connectivity index (χ1n) is 8.45. The zero-order chi connectivity index (χ0) is 20.1. The number of rotatable bonds is 4. The Kier molecular flexibility index (Phi) is 5.99. The van der Waals surface area contributed by atoms with Crippen molar-refractivity contribution in [2.45, 2.75) is 6.61 Å². The molecular weight excluding hydrogens is 376 g/mol. The van der Waals surface area contributed by atoms with E-state index in [9.17, 15) is 23.7 Å². The van der Waals surface area contributed by atoms with Crippen LogP contribution >= 0.6 is 0 Å². The lowest BCUT2D eigenvalue weighted by atomic mass is 10.2. The zero-order valence-electron chi connectivity index (χ0n) is 14.7. The van der Waals surface area contributed by atoms with Gasteiger partial charge in [-0.2, -0.15) is 0 Å². The molecule has 0 bridgehead atoms. The predicted octanol–water partition coefficient (Wildman–Crippen LogP) is 3.26. The molecule has 1 saturated heterocycles. The Morgan fingerprint density at radius 1 is 1.14 bits per heavy atom. The highest BCUT2D eigenvalue weighted by Crippen LogP contribution is 2.29. The molecular formula is C18H17F2N3O5. The van der Waals surface area contributed by atoms with Crippen LogP contribution in [-0.2, 0) is 16.2 Å². The van der Waals surface area contributed by atoms with Crippen molar-refractivity contribution in [3.05, 3.63) is 69.8 Å². The monoisotopic (exact) mass is 393 g/mol. The van der Waals surface area contributed by atoms with Gasteiger partial charge in [0.2, 0.25) is 0 Å². The molecule has 0 atom stereocenters. The molecule has 148 valence electrons. The van der Waals surface area contributed by atoms with Gasteiger partial charge in [0.05, 0.1) is 36.8 Å². The topological polar surface area (TPSA) is 85.1 Å². The van der Waals surface area contributed by atoms with Crippen molar-refractivity contribution in [2.24, 2.45) is 0 Å². The van der Waals surface area contributed by atoms with E-state index in [4.69, 9.17) is 9.57 Å². The molecule has 0 aromatic heterocycles. The molecule has 1 aliphatic heterocycles. The summed E-state index contributed by atoms with van der Waals surface area (Å²) >= 11 is 0. The highest BCUT2D eigenvalue weighted by molar-refractivity contribution is 5.67. The van der Waals surface area contributed by atoms with E-state index in [1.54, 1.807) is 0 Å². The molecule has 28 heavy (non-hydrogen) atoms. The molecule has 2 aromatic carbocycles. The van der Waals surface area contributed by atoms with E-state index in [1.807, 2.05) is 30.3 Å². The van der Waals surface area contributed by atoms with Gasteiger partial charge in [-0.15, -0.1) is 0 Å². The van der Waals surface area contributed by atoms with E-state index in [2.05, 4.69) is 0 Å². The molecule has 1 aliphatic rings. The van der Waals surface area contributed by atoms with E-state index in [0.29, 0.717) is 12.1 Å². The summed E-state index contributed by atoms with van der Waals surface area (Å²) in [4.78, 5) is 28.7. The van der Waals surface area contributed by atoms with Gasteiger partial charge >= 0.3 is 6.09 Å². The minimum Gasteiger partial charge on any atom is -0.445 e. The average molecular weight is 393 g/mol. The predicted molar refractivity (Wildman–Crippen MR) is 94.5 cm³/mol. The van der Waals surface area contributed by atoms with E-state index >= 15 is 0 Å². The number of carbonyl (C=O) groups is 1. The maximum absolute atomic E-state index is 14.2. The van der Waals surface area contributed by atoms with Crippen molar-refractivity contribution in [1.29, 1.82) is 0 Å². The van der Waals surface area contributed by atoms with Crippen molar-refractivity contribution in [2.75, 3.05) is 31.3 Å². The molecule has 0 saturated carbocycles. The Morgan fingerprint density at radius 2 is 1.82 bits per heavy atom. The van der Waals surface area contributed by atoms with Gasteiger partial charge in [0, 0.05) is 6.54 Å². The Morgan fingerprint density at radius 3 is 2.46 bits per heavy atom. The third-order valence-corrected chi connectivity index (χ3v) is 4.11. The molecule has 3 rings (SSSR count). The molecule has 1 amide bonds. The number of hydrogen-bond acceptors (Lipinski definition) is 6. The lowest BCUT2D eigenvalue weighted by Crippen LogP contribution is -2.36. The van der Waals surface area contributed by atoms with Crippen LogP contribution in [0.15, 0.2) is 42.5 Å². The molecule has 0 radical (unpaired) electrons. The number of halogens is 2. The van der Waals surface area contributed by atoms with Crippen molar-refractivity contribution < 1.29 is 28.1 Å². The number of hydrogen-bond donors (Lipinski definition) is 0. The van der Waals surface area contributed by atoms with E-state index in [-0.39, 0.29) is 32.8 Å². The molecule has 1 heterocycles. The minimum absolute atomic E-state index is 0.0176. The smallest absolute Gasteiger partial charge is 0.410 e. The number of nitrogens with zero attached hydrogens (tertiary/aromatic N) is 3. The highest BCUT2D eigenvalue weighted by Gasteiger charge is 2.26. The Bertz CT molecular complexity index is 843. The summed E-state index contributed by atoms with van der Waals surface area (Å²) in [5.41, 5.74) is -0.400. The van der Waals surface area contributed by atoms with Crippen LogP contribution in [0.2, 0.25) is 0 Å². The molecule has 8 nitrogen and oxygen atoms in total. The summed E-state index contributed by atoms with van der Waals surface area (Å²) in [5.74, 6) is -2.24. The lowest BCUT2D eigenvalue weighted by Gasteiger charge is -2.22. The molecule has 0 aliphatic carbocycles. The molecule has 0 unspecified atom stereocenters. The Balaban J connectivity index is 1.63. The van der Waals surface area contributed by atoms with Gasteiger partial charge in [-0.05, 0) is 5.56 Å². The maximum Gasteiger partial charge on any atom is 0.410 e. The summed E-state index contributed by atoms with van der Waals surface area (Å²) in [5, 5.41) is 11.7. The van der Waals surface area contributed by atoms with Crippen LogP contribution in [0, 0.1) is 21.7 Å². The molecule has 0 N–H and O–H groups in total. The SMILES string of the molecule is O=C(OCc1ccccc1)N1CCON(c2c(F)cc([N+](=O)[O-])cc2F)CC1. The average Bonchev–Trinajstić information content (AvgIpc) is 2.92. The quantitative estimate of drug-likeness (QED) is 0.586. The number of nitro benzene ring substituents is 1. The number of anilines is 1. The summed E-state index contributed by atoms with van der Waals surface area (Å²) in [6.45, 7) is 0.318. The lowest BCUT2D eigenvalue weighted by molar-refractivity contribution is -0.385. The Hall–Kier alpha value is -3.27. The standard InChI is InChI=1S/C18H17F2N3O5/c19-15-10-14(23(25)26)11-16(20)17(15)22-7-6-21(8-9-28-22)18(24)27-12-13-4-2-1-3-5-13/h1-5,10-11H,6-9,12H2.